The van der Waals surface area contributed by atoms with Crippen LogP contribution in [-0.2, 0) is 9.47 Å². The van der Waals surface area contributed by atoms with Gasteiger partial charge in [0.1, 0.15) is 13.5 Å². The van der Waals surface area contributed by atoms with Crippen molar-refractivity contribution in [2.45, 2.75) is 12.1 Å². The van der Waals surface area contributed by atoms with Crippen LogP contribution < -0.4 is 21.3 Å². The highest BCUT2D eigenvalue weighted by molar-refractivity contribution is 4.79. The number of nitrogens with one attached hydrogen (secondary N) is 4. The summed E-state index contributed by atoms with van der Waals surface area (Å²) >= 11 is 0. The molecule has 128 valence electrons. The van der Waals surface area contributed by atoms with E-state index < -0.39 is 0 Å². The van der Waals surface area contributed by atoms with E-state index in [-0.39, 0.29) is 0 Å². The second kappa shape index (κ2) is 9.09. The van der Waals surface area contributed by atoms with Crippen LogP contribution in [0.2, 0.25) is 0 Å². The minimum Gasteiger partial charge on any atom is -0.351 e. The Balaban J connectivity index is 1.55. The van der Waals surface area contributed by atoms with Crippen molar-refractivity contribution >= 4 is 0 Å². The molecule has 3 rings (SSSR count). The largest absolute Gasteiger partial charge is 0.351 e. The van der Waals surface area contributed by atoms with Gasteiger partial charge in [-0.2, -0.15) is 0 Å². The Morgan fingerprint density at radius 3 is 1.73 bits per heavy atom. The monoisotopic (exact) mass is 314 g/mol. The summed E-state index contributed by atoms with van der Waals surface area (Å²) in [5, 5.41) is 13.9. The lowest BCUT2D eigenvalue weighted by Gasteiger charge is -2.28. The van der Waals surface area contributed by atoms with E-state index in [0.29, 0.717) is 39.0 Å². The van der Waals surface area contributed by atoms with E-state index in [0.717, 1.165) is 52.4 Å². The zero-order chi connectivity index (χ0) is 15.0. The van der Waals surface area contributed by atoms with Gasteiger partial charge in [0.25, 0.3) is 0 Å². The molecule has 8 heteroatoms. The van der Waals surface area contributed by atoms with Crippen molar-refractivity contribution in [3.63, 3.8) is 0 Å². The first-order valence-corrected chi connectivity index (χ1v) is 8.38. The number of nitrogens with zero attached hydrogens (tertiary/aromatic N) is 2. The summed E-state index contributed by atoms with van der Waals surface area (Å²) in [6.07, 6.45) is 0. The van der Waals surface area contributed by atoms with E-state index in [4.69, 9.17) is 9.47 Å². The van der Waals surface area contributed by atoms with Crippen LogP contribution >= 0.6 is 0 Å². The van der Waals surface area contributed by atoms with Crippen molar-refractivity contribution in [2.75, 3.05) is 79.3 Å². The van der Waals surface area contributed by atoms with E-state index >= 15 is 0 Å². The highest BCUT2D eigenvalue weighted by Gasteiger charge is 2.20. The molecule has 8 nitrogen and oxygen atoms in total. The van der Waals surface area contributed by atoms with Crippen LogP contribution in [0.1, 0.15) is 0 Å². The molecule has 3 saturated heterocycles. The standard InChI is InChI=1S/C14H30N6O2/c1-3-19-7-13(5-15-1)17-9-22-12-20-4-2-16-6-14(8-20)18-10-21-11-19/h13-18H,1-12H2. The summed E-state index contributed by atoms with van der Waals surface area (Å²) in [4.78, 5) is 4.70. The zero-order valence-corrected chi connectivity index (χ0v) is 13.4. The summed E-state index contributed by atoms with van der Waals surface area (Å²) < 4.78 is 11.7. The summed E-state index contributed by atoms with van der Waals surface area (Å²) in [6.45, 7) is 10.6. The summed E-state index contributed by atoms with van der Waals surface area (Å²) in [6, 6.07) is 0.807. The van der Waals surface area contributed by atoms with Gasteiger partial charge < -0.3 is 20.1 Å². The molecule has 0 radical (unpaired) electrons. The maximum absolute atomic E-state index is 5.83. The fourth-order valence-corrected chi connectivity index (χ4v) is 3.17. The van der Waals surface area contributed by atoms with Gasteiger partial charge in [0.2, 0.25) is 0 Å². The average molecular weight is 314 g/mol. The Hall–Kier alpha value is -0.320. The van der Waals surface area contributed by atoms with Crippen LogP contribution in [0, 0.1) is 0 Å². The molecular formula is C14H30N6O2. The van der Waals surface area contributed by atoms with Gasteiger partial charge in [-0.05, 0) is 0 Å². The zero-order valence-electron chi connectivity index (χ0n) is 13.4. The first-order valence-electron chi connectivity index (χ1n) is 8.38. The Morgan fingerprint density at radius 1 is 0.727 bits per heavy atom. The molecule has 22 heavy (non-hydrogen) atoms. The normalized spacial score (nSPS) is 39.3. The molecule has 0 aliphatic carbocycles. The lowest BCUT2D eigenvalue weighted by molar-refractivity contribution is -0.00924. The van der Waals surface area contributed by atoms with Gasteiger partial charge in [0.05, 0.1) is 13.5 Å². The maximum Gasteiger partial charge on any atom is 0.101 e. The van der Waals surface area contributed by atoms with Crippen LogP contribution in [-0.4, -0.2) is 101 Å². The maximum atomic E-state index is 5.83. The number of hydrogen-bond donors (Lipinski definition) is 4. The van der Waals surface area contributed by atoms with Crippen LogP contribution in [0.3, 0.4) is 0 Å². The van der Waals surface area contributed by atoms with Crippen LogP contribution in [0.5, 0.6) is 0 Å². The SMILES string of the molecule is C1CN2COCNC3CNCCN(COCNC(CN1)C2)C3. The highest BCUT2D eigenvalue weighted by Crippen LogP contribution is 2.00. The van der Waals surface area contributed by atoms with E-state index in [1.54, 1.807) is 0 Å². The number of fused-ring (bicyclic) bond motifs is 4. The van der Waals surface area contributed by atoms with Crippen LogP contribution in [0.4, 0.5) is 0 Å². The van der Waals surface area contributed by atoms with E-state index in [1.165, 1.54) is 0 Å². The third-order valence-corrected chi connectivity index (χ3v) is 4.44. The van der Waals surface area contributed by atoms with Crippen molar-refractivity contribution in [1.29, 1.82) is 0 Å². The van der Waals surface area contributed by atoms with E-state index in [1.807, 2.05) is 0 Å². The van der Waals surface area contributed by atoms with Gasteiger partial charge in [-0.3, -0.25) is 20.4 Å². The van der Waals surface area contributed by atoms with Crippen molar-refractivity contribution in [3.05, 3.63) is 0 Å². The molecule has 3 fully saturated rings. The third-order valence-electron chi connectivity index (χ3n) is 4.44. The Bertz CT molecular complexity index is 264. The fraction of sp³-hybridized carbons (Fsp3) is 1.00. The molecule has 4 atom stereocenters. The molecule has 3 aliphatic rings. The molecule has 4 bridgehead atoms. The smallest absolute Gasteiger partial charge is 0.101 e. The molecule has 3 aliphatic heterocycles. The first-order chi connectivity index (χ1) is 10.9. The summed E-state index contributed by atoms with van der Waals surface area (Å²) in [5.41, 5.74) is 0. The second-order valence-corrected chi connectivity index (χ2v) is 6.32. The van der Waals surface area contributed by atoms with Crippen LogP contribution in [0.15, 0.2) is 0 Å². The van der Waals surface area contributed by atoms with E-state index in [2.05, 4.69) is 31.1 Å². The number of hydrogen-bond acceptors (Lipinski definition) is 8. The highest BCUT2D eigenvalue weighted by atomic mass is 16.5. The van der Waals surface area contributed by atoms with Crippen molar-refractivity contribution in [2.24, 2.45) is 0 Å². The molecule has 0 aromatic heterocycles. The Kier molecular flexibility index (Phi) is 6.83. The minimum atomic E-state index is 0.403. The van der Waals surface area contributed by atoms with E-state index in [9.17, 15) is 0 Å². The first kappa shape index (κ1) is 16.5. The quantitative estimate of drug-likeness (QED) is 0.394. The summed E-state index contributed by atoms with van der Waals surface area (Å²) in [7, 11) is 0. The average Bonchev–Trinajstić information content (AvgIpc) is 2.88. The molecular weight excluding hydrogens is 284 g/mol. The van der Waals surface area contributed by atoms with Gasteiger partial charge in [0, 0.05) is 64.4 Å². The molecule has 0 spiro atoms. The van der Waals surface area contributed by atoms with Crippen molar-refractivity contribution in [3.8, 4) is 0 Å². The number of rotatable bonds is 0. The Labute approximate surface area is 132 Å². The van der Waals surface area contributed by atoms with Crippen molar-refractivity contribution in [1.82, 2.24) is 31.1 Å². The minimum absolute atomic E-state index is 0.403. The fourth-order valence-electron chi connectivity index (χ4n) is 3.17. The molecule has 0 aromatic carbocycles. The molecule has 4 N–H and O–H groups in total. The molecule has 0 amide bonds. The molecule has 4 unspecified atom stereocenters. The topological polar surface area (TPSA) is 73.1 Å². The van der Waals surface area contributed by atoms with Gasteiger partial charge in [-0.25, -0.2) is 0 Å². The van der Waals surface area contributed by atoms with Gasteiger partial charge in [-0.15, -0.1) is 0 Å². The van der Waals surface area contributed by atoms with Gasteiger partial charge in [0.15, 0.2) is 0 Å². The predicted molar refractivity (Wildman–Crippen MR) is 84.4 cm³/mol. The lowest BCUT2D eigenvalue weighted by atomic mass is 10.3. The third kappa shape index (κ3) is 5.39. The Morgan fingerprint density at radius 2 is 1.23 bits per heavy atom. The molecule has 0 saturated carbocycles. The van der Waals surface area contributed by atoms with Crippen molar-refractivity contribution < 1.29 is 9.47 Å². The molecule has 0 aromatic rings. The second-order valence-electron chi connectivity index (χ2n) is 6.32. The number of ether oxygens (including phenoxy) is 2. The van der Waals surface area contributed by atoms with Gasteiger partial charge in [-0.1, -0.05) is 0 Å². The van der Waals surface area contributed by atoms with Crippen LogP contribution in [0.25, 0.3) is 0 Å². The predicted octanol–water partition coefficient (Wildman–Crippen LogP) is -2.41. The lowest BCUT2D eigenvalue weighted by Crippen LogP contribution is -2.48. The summed E-state index contributed by atoms with van der Waals surface area (Å²) in [5.74, 6) is 0. The molecule has 3 heterocycles. The van der Waals surface area contributed by atoms with Gasteiger partial charge >= 0.3 is 0 Å².